The number of halogens is 3. The summed E-state index contributed by atoms with van der Waals surface area (Å²) < 4.78 is 41.7. The summed E-state index contributed by atoms with van der Waals surface area (Å²) in [7, 11) is 0. The fourth-order valence-corrected chi connectivity index (χ4v) is 1.89. The Kier molecular flexibility index (Phi) is 2.55. The summed E-state index contributed by atoms with van der Waals surface area (Å²) in [5.74, 6) is -0.0167. The van der Waals surface area contributed by atoms with E-state index in [2.05, 4.69) is 9.36 Å². The van der Waals surface area contributed by atoms with Crippen molar-refractivity contribution in [1.29, 1.82) is 0 Å². The van der Waals surface area contributed by atoms with Crippen LogP contribution in [0.1, 0.15) is 5.56 Å². The number of nitrogen functional groups attached to an aromatic ring is 1. The Bertz CT molecular complexity index is 507. The van der Waals surface area contributed by atoms with Gasteiger partial charge >= 0.3 is 6.18 Å². The molecular weight excluding hydrogens is 239 g/mol. The Morgan fingerprint density at radius 3 is 2.44 bits per heavy atom. The third-order valence-corrected chi connectivity index (χ3v) is 2.67. The molecule has 0 aliphatic heterocycles. The first-order valence-electron chi connectivity index (χ1n) is 4.24. The molecule has 0 amide bonds. The Morgan fingerprint density at radius 1 is 1.19 bits per heavy atom. The molecular formula is C9H6F3N3S. The molecule has 1 heterocycles. The number of anilines is 1. The monoisotopic (exact) mass is 245 g/mol. The first-order chi connectivity index (χ1) is 7.48. The minimum Gasteiger partial charge on any atom is -0.367 e. The molecule has 2 rings (SSSR count). The molecule has 0 aliphatic rings. The highest BCUT2D eigenvalue weighted by atomic mass is 32.1. The summed E-state index contributed by atoms with van der Waals surface area (Å²) in [6, 6.07) is 5.20. The van der Waals surface area contributed by atoms with Gasteiger partial charge in [-0.25, -0.2) is 0 Å². The maximum absolute atomic E-state index is 12.7. The lowest BCUT2D eigenvalue weighted by Gasteiger charge is -2.09. The molecule has 16 heavy (non-hydrogen) atoms. The smallest absolute Gasteiger partial charge is 0.367 e. The predicted octanol–water partition coefficient (Wildman–Crippen LogP) is 2.81. The molecule has 0 saturated carbocycles. The number of nitrogens with two attached hydrogens (primary N) is 1. The van der Waals surface area contributed by atoms with Crippen LogP contribution in [-0.2, 0) is 6.18 Å². The van der Waals surface area contributed by atoms with Crippen LogP contribution in [0.4, 0.5) is 19.1 Å². The van der Waals surface area contributed by atoms with Crippen LogP contribution in [-0.4, -0.2) is 9.36 Å². The SMILES string of the molecule is Nc1nsc(-c2ccccc2C(F)(F)F)n1. The molecule has 1 aromatic heterocycles. The van der Waals surface area contributed by atoms with Crippen LogP contribution in [0.3, 0.4) is 0 Å². The quantitative estimate of drug-likeness (QED) is 0.840. The molecule has 0 unspecified atom stereocenters. The van der Waals surface area contributed by atoms with E-state index in [9.17, 15) is 13.2 Å². The summed E-state index contributed by atoms with van der Waals surface area (Å²) in [4.78, 5) is 3.74. The standard InChI is InChI=1S/C9H6F3N3S/c10-9(11,12)6-4-2-1-3-5(6)7-14-8(13)15-16-7/h1-4H,(H2,13,15). The Morgan fingerprint density at radius 2 is 1.88 bits per heavy atom. The predicted molar refractivity (Wildman–Crippen MR) is 54.8 cm³/mol. The third-order valence-electron chi connectivity index (χ3n) is 1.90. The topological polar surface area (TPSA) is 51.8 Å². The Balaban J connectivity index is 2.57. The van der Waals surface area contributed by atoms with Gasteiger partial charge < -0.3 is 5.73 Å². The van der Waals surface area contributed by atoms with E-state index in [-0.39, 0.29) is 16.5 Å². The van der Waals surface area contributed by atoms with Crippen molar-refractivity contribution in [2.75, 3.05) is 5.73 Å². The van der Waals surface area contributed by atoms with E-state index in [0.29, 0.717) is 0 Å². The van der Waals surface area contributed by atoms with Crippen molar-refractivity contribution in [1.82, 2.24) is 9.36 Å². The molecule has 0 aliphatic carbocycles. The molecule has 2 aromatic rings. The van der Waals surface area contributed by atoms with Crippen LogP contribution in [0, 0.1) is 0 Å². The number of hydrogen-bond acceptors (Lipinski definition) is 4. The number of rotatable bonds is 1. The lowest BCUT2D eigenvalue weighted by atomic mass is 10.1. The van der Waals surface area contributed by atoms with E-state index in [1.807, 2.05) is 0 Å². The maximum atomic E-state index is 12.7. The highest BCUT2D eigenvalue weighted by Gasteiger charge is 2.34. The molecule has 0 atom stereocenters. The zero-order chi connectivity index (χ0) is 11.8. The van der Waals surface area contributed by atoms with Gasteiger partial charge in [-0.15, -0.1) is 0 Å². The van der Waals surface area contributed by atoms with Crippen molar-refractivity contribution in [2.45, 2.75) is 6.18 Å². The van der Waals surface area contributed by atoms with E-state index in [4.69, 9.17) is 5.73 Å². The van der Waals surface area contributed by atoms with Crippen LogP contribution >= 0.6 is 11.5 Å². The molecule has 3 nitrogen and oxygen atoms in total. The van der Waals surface area contributed by atoms with Gasteiger partial charge in [0.2, 0.25) is 5.95 Å². The second-order valence-corrected chi connectivity index (χ2v) is 3.75. The molecule has 0 spiro atoms. The van der Waals surface area contributed by atoms with Gasteiger partial charge in [0.25, 0.3) is 0 Å². The molecule has 0 fully saturated rings. The number of alkyl halides is 3. The molecule has 0 radical (unpaired) electrons. The van der Waals surface area contributed by atoms with Crippen LogP contribution in [0.5, 0.6) is 0 Å². The van der Waals surface area contributed by atoms with Gasteiger partial charge in [0.1, 0.15) is 5.01 Å². The van der Waals surface area contributed by atoms with Gasteiger partial charge in [-0.1, -0.05) is 18.2 Å². The first kappa shape index (κ1) is 10.9. The molecule has 2 N–H and O–H groups in total. The van der Waals surface area contributed by atoms with Crippen LogP contribution < -0.4 is 5.73 Å². The molecule has 1 aromatic carbocycles. The van der Waals surface area contributed by atoms with E-state index in [1.54, 1.807) is 0 Å². The number of hydrogen-bond donors (Lipinski definition) is 1. The average Bonchev–Trinajstić information content (AvgIpc) is 2.64. The van der Waals surface area contributed by atoms with Gasteiger partial charge in [0.05, 0.1) is 5.56 Å². The van der Waals surface area contributed by atoms with Gasteiger partial charge in [0, 0.05) is 5.56 Å². The van der Waals surface area contributed by atoms with Crippen molar-refractivity contribution < 1.29 is 13.2 Å². The van der Waals surface area contributed by atoms with Gasteiger partial charge in [-0.3, -0.25) is 0 Å². The molecule has 0 bridgehead atoms. The van der Waals surface area contributed by atoms with Crippen molar-refractivity contribution >= 4 is 17.5 Å². The average molecular weight is 245 g/mol. The van der Waals surface area contributed by atoms with E-state index < -0.39 is 11.7 Å². The first-order valence-corrected chi connectivity index (χ1v) is 5.01. The fraction of sp³-hybridized carbons (Fsp3) is 0.111. The van der Waals surface area contributed by atoms with Crippen molar-refractivity contribution in [3.63, 3.8) is 0 Å². The van der Waals surface area contributed by atoms with Gasteiger partial charge in [-0.2, -0.15) is 22.5 Å². The third kappa shape index (κ3) is 1.99. The summed E-state index contributed by atoms with van der Waals surface area (Å²) >= 11 is 0.847. The molecule has 84 valence electrons. The fourth-order valence-electron chi connectivity index (χ4n) is 1.26. The van der Waals surface area contributed by atoms with E-state index in [0.717, 1.165) is 17.6 Å². The summed E-state index contributed by atoms with van der Waals surface area (Å²) in [5.41, 5.74) is 4.56. The molecule has 0 saturated heterocycles. The van der Waals surface area contributed by atoms with Crippen LogP contribution in [0.25, 0.3) is 10.6 Å². The molecule has 7 heteroatoms. The Hall–Kier alpha value is -1.63. The normalized spacial score (nSPS) is 11.7. The maximum Gasteiger partial charge on any atom is 0.417 e. The summed E-state index contributed by atoms with van der Waals surface area (Å²) in [5, 5.41) is 0.172. The van der Waals surface area contributed by atoms with E-state index >= 15 is 0 Å². The summed E-state index contributed by atoms with van der Waals surface area (Å²) in [6.45, 7) is 0. The highest BCUT2D eigenvalue weighted by molar-refractivity contribution is 7.09. The van der Waals surface area contributed by atoms with Crippen molar-refractivity contribution in [3.8, 4) is 10.6 Å². The number of benzene rings is 1. The van der Waals surface area contributed by atoms with Crippen LogP contribution in [0.2, 0.25) is 0 Å². The second-order valence-electron chi connectivity index (χ2n) is 3.00. The highest BCUT2D eigenvalue weighted by Crippen LogP contribution is 2.37. The number of aromatic nitrogens is 2. The largest absolute Gasteiger partial charge is 0.417 e. The zero-order valence-corrected chi connectivity index (χ0v) is 8.64. The van der Waals surface area contributed by atoms with Gasteiger partial charge in [0.15, 0.2) is 0 Å². The minimum absolute atomic E-state index is 0.00389. The van der Waals surface area contributed by atoms with Gasteiger partial charge in [-0.05, 0) is 17.6 Å². The van der Waals surface area contributed by atoms with Crippen molar-refractivity contribution in [3.05, 3.63) is 29.8 Å². The minimum atomic E-state index is -4.41. The lowest BCUT2D eigenvalue weighted by molar-refractivity contribution is -0.137. The van der Waals surface area contributed by atoms with E-state index in [1.165, 1.54) is 18.2 Å². The van der Waals surface area contributed by atoms with Crippen molar-refractivity contribution in [2.24, 2.45) is 0 Å². The summed E-state index contributed by atoms with van der Waals surface area (Å²) in [6.07, 6.45) is -4.41. The lowest BCUT2D eigenvalue weighted by Crippen LogP contribution is -2.06. The second kappa shape index (κ2) is 3.75. The van der Waals surface area contributed by atoms with Crippen LogP contribution in [0.15, 0.2) is 24.3 Å². The Labute approximate surface area is 92.9 Å². The number of nitrogens with zero attached hydrogens (tertiary/aromatic N) is 2. The zero-order valence-electron chi connectivity index (χ0n) is 7.82.